The van der Waals surface area contributed by atoms with E-state index in [1.54, 1.807) is 16.9 Å². The zero-order valence-electron chi connectivity index (χ0n) is 30.5. The number of amides is 4. The number of likely N-dealkylation sites (tertiary alicyclic amines) is 2. The number of benzene rings is 2. The molecule has 0 saturated carbocycles. The first kappa shape index (κ1) is 39.2. The standard InChI is InChI=1S/C39H54N4O8/c1-39(2,3)51-38(48)42-23-19-29(20-24-42)14-17-34(44)43-22-8-11-31(26-43)35(45)41-25-33(37(47)50-27-30-9-6-5-7-10-30)36(46)40-21-18-28-12-15-32(49-4)16-13-28/h5-7,9-10,12-13,15-16,29,31,33H,8,11,14,17-27H2,1-4H3,(H,40,46)(H,41,45)/t31-,33+/m1/s1. The average molecular weight is 707 g/mol. The molecule has 0 spiro atoms. The molecule has 0 aliphatic carbocycles. The second-order valence-corrected chi connectivity index (χ2v) is 14.4. The van der Waals surface area contributed by atoms with E-state index < -0.39 is 29.3 Å². The quantitative estimate of drug-likeness (QED) is 0.216. The number of ether oxygens (including phenoxy) is 3. The minimum absolute atomic E-state index is 0.00575. The van der Waals surface area contributed by atoms with Crippen LogP contribution in [-0.4, -0.2) is 91.6 Å². The fourth-order valence-electron chi connectivity index (χ4n) is 6.34. The van der Waals surface area contributed by atoms with Gasteiger partial charge in [0.25, 0.3) is 0 Å². The minimum Gasteiger partial charge on any atom is -0.497 e. The van der Waals surface area contributed by atoms with E-state index in [4.69, 9.17) is 14.2 Å². The van der Waals surface area contributed by atoms with Crippen LogP contribution in [0.2, 0.25) is 0 Å². The van der Waals surface area contributed by atoms with Crippen molar-refractivity contribution in [3.63, 3.8) is 0 Å². The maximum Gasteiger partial charge on any atom is 0.410 e. The van der Waals surface area contributed by atoms with Crippen molar-refractivity contribution < 1.29 is 38.2 Å². The van der Waals surface area contributed by atoms with E-state index >= 15 is 0 Å². The fraction of sp³-hybridized carbons (Fsp3) is 0.564. The number of methoxy groups -OCH3 is 1. The van der Waals surface area contributed by atoms with Gasteiger partial charge in [-0.25, -0.2) is 4.79 Å². The van der Waals surface area contributed by atoms with Gasteiger partial charge in [-0.05, 0) is 88.5 Å². The monoisotopic (exact) mass is 706 g/mol. The lowest BCUT2D eigenvalue weighted by atomic mass is 9.91. The Morgan fingerprint density at radius 1 is 0.863 bits per heavy atom. The molecule has 2 aliphatic rings. The second-order valence-electron chi connectivity index (χ2n) is 14.4. The molecule has 2 aliphatic heterocycles. The number of piperidine rings is 2. The number of carbonyl (C=O) groups excluding carboxylic acids is 5. The maximum atomic E-state index is 13.3. The second kappa shape index (κ2) is 19.1. The highest BCUT2D eigenvalue weighted by Gasteiger charge is 2.33. The van der Waals surface area contributed by atoms with Gasteiger partial charge in [-0.15, -0.1) is 0 Å². The molecule has 2 heterocycles. The molecule has 0 radical (unpaired) electrons. The number of hydrogen-bond donors (Lipinski definition) is 2. The van der Waals surface area contributed by atoms with Crippen LogP contribution in [0, 0.1) is 17.8 Å². The molecular formula is C39H54N4O8. The molecule has 2 fully saturated rings. The van der Waals surface area contributed by atoms with Gasteiger partial charge in [0.1, 0.15) is 18.0 Å². The van der Waals surface area contributed by atoms with Crippen molar-refractivity contribution in [3.05, 3.63) is 65.7 Å². The lowest BCUT2D eigenvalue weighted by molar-refractivity contribution is -0.153. The highest BCUT2D eigenvalue weighted by atomic mass is 16.6. The molecule has 0 aromatic heterocycles. The summed E-state index contributed by atoms with van der Waals surface area (Å²) in [6.45, 7) is 7.75. The number of nitrogens with zero attached hydrogens (tertiary/aromatic N) is 2. The van der Waals surface area contributed by atoms with Crippen LogP contribution >= 0.6 is 0 Å². The minimum atomic E-state index is -1.24. The summed E-state index contributed by atoms with van der Waals surface area (Å²) in [5.41, 5.74) is 1.24. The normalized spacial score (nSPS) is 17.2. The molecule has 2 saturated heterocycles. The summed E-state index contributed by atoms with van der Waals surface area (Å²) in [4.78, 5) is 68.8. The number of hydrogen-bond acceptors (Lipinski definition) is 8. The lowest BCUT2D eigenvalue weighted by Crippen LogP contribution is -2.48. The van der Waals surface area contributed by atoms with Gasteiger partial charge in [0.15, 0.2) is 5.92 Å². The van der Waals surface area contributed by atoms with Gasteiger partial charge in [-0.2, -0.15) is 0 Å². The third-order valence-corrected chi connectivity index (χ3v) is 9.35. The first-order chi connectivity index (χ1) is 24.4. The van der Waals surface area contributed by atoms with Gasteiger partial charge in [0.2, 0.25) is 17.7 Å². The summed E-state index contributed by atoms with van der Waals surface area (Å²) < 4.78 is 16.2. The van der Waals surface area contributed by atoms with Crippen LogP contribution in [0.3, 0.4) is 0 Å². The average Bonchev–Trinajstić information content (AvgIpc) is 3.13. The molecule has 0 bridgehead atoms. The van der Waals surface area contributed by atoms with E-state index in [9.17, 15) is 24.0 Å². The van der Waals surface area contributed by atoms with E-state index in [0.29, 0.717) is 64.3 Å². The van der Waals surface area contributed by atoms with Crippen molar-refractivity contribution in [1.82, 2.24) is 20.4 Å². The Kier molecular flexibility index (Phi) is 14.7. The van der Waals surface area contributed by atoms with Gasteiger partial charge >= 0.3 is 12.1 Å². The first-order valence-corrected chi connectivity index (χ1v) is 18.1. The molecule has 2 aromatic carbocycles. The number of nitrogens with one attached hydrogen (secondary N) is 2. The SMILES string of the molecule is COc1ccc(CCNC(=O)[C@H](CNC(=O)[C@@H]2CCCN(C(=O)CCC3CCN(C(=O)OC(C)(C)C)CC3)C2)C(=O)OCc2ccccc2)cc1. The molecule has 4 amide bonds. The fourth-order valence-corrected chi connectivity index (χ4v) is 6.34. The highest BCUT2D eigenvalue weighted by molar-refractivity contribution is 5.98. The van der Waals surface area contributed by atoms with Crippen LogP contribution in [0.5, 0.6) is 5.75 Å². The summed E-state index contributed by atoms with van der Waals surface area (Å²) in [6.07, 6.45) is 4.30. The van der Waals surface area contributed by atoms with Crippen molar-refractivity contribution in [1.29, 1.82) is 0 Å². The van der Waals surface area contributed by atoms with Crippen molar-refractivity contribution in [3.8, 4) is 5.75 Å². The van der Waals surface area contributed by atoms with E-state index in [1.807, 2.05) is 75.4 Å². The number of esters is 1. The van der Waals surface area contributed by atoms with Gasteiger partial charge in [-0.3, -0.25) is 19.2 Å². The molecule has 2 atom stereocenters. The summed E-state index contributed by atoms with van der Waals surface area (Å²) in [6, 6.07) is 16.7. The molecule has 12 nitrogen and oxygen atoms in total. The summed E-state index contributed by atoms with van der Waals surface area (Å²) in [5, 5.41) is 5.63. The van der Waals surface area contributed by atoms with Gasteiger partial charge in [0, 0.05) is 45.7 Å². The third-order valence-electron chi connectivity index (χ3n) is 9.35. The lowest BCUT2D eigenvalue weighted by Gasteiger charge is -2.34. The van der Waals surface area contributed by atoms with E-state index in [1.165, 1.54) is 0 Å². The molecule has 51 heavy (non-hydrogen) atoms. The largest absolute Gasteiger partial charge is 0.497 e. The Hall–Kier alpha value is -4.61. The Morgan fingerprint density at radius 3 is 2.24 bits per heavy atom. The predicted molar refractivity (Wildman–Crippen MR) is 192 cm³/mol. The van der Waals surface area contributed by atoms with Crippen LogP contribution < -0.4 is 15.4 Å². The van der Waals surface area contributed by atoms with Gasteiger partial charge < -0.3 is 34.6 Å². The van der Waals surface area contributed by atoms with Gasteiger partial charge in [0.05, 0.1) is 13.0 Å². The summed E-state index contributed by atoms with van der Waals surface area (Å²) >= 11 is 0. The molecule has 0 unspecified atom stereocenters. The molecule has 12 heteroatoms. The molecule has 2 N–H and O–H groups in total. The number of carbonyl (C=O) groups is 5. The molecular weight excluding hydrogens is 652 g/mol. The highest BCUT2D eigenvalue weighted by Crippen LogP contribution is 2.25. The van der Waals surface area contributed by atoms with E-state index in [2.05, 4.69) is 10.6 Å². The molecule has 2 aromatic rings. The number of rotatable bonds is 14. The molecule has 278 valence electrons. The predicted octanol–water partition coefficient (Wildman–Crippen LogP) is 4.50. The van der Waals surface area contributed by atoms with Crippen molar-refractivity contribution in [2.24, 2.45) is 17.8 Å². The van der Waals surface area contributed by atoms with Crippen LogP contribution in [0.25, 0.3) is 0 Å². The van der Waals surface area contributed by atoms with Crippen LogP contribution in [-0.2, 0) is 41.7 Å². The summed E-state index contributed by atoms with van der Waals surface area (Å²) in [5.74, 6) is -2.14. The smallest absolute Gasteiger partial charge is 0.410 e. The Bertz CT molecular complexity index is 1450. The molecule has 4 rings (SSSR count). The van der Waals surface area contributed by atoms with Crippen molar-refractivity contribution in [2.75, 3.05) is 46.4 Å². The Balaban J connectivity index is 1.25. The van der Waals surface area contributed by atoms with Crippen LogP contribution in [0.4, 0.5) is 4.79 Å². The van der Waals surface area contributed by atoms with Crippen molar-refractivity contribution >= 4 is 29.8 Å². The first-order valence-electron chi connectivity index (χ1n) is 18.1. The topological polar surface area (TPSA) is 144 Å². The van der Waals surface area contributed by atoms with Crippen molar-refractivity contribution in [2.45, 2.75) is 77.9 Å². The Labute approximate surface area is 301 Å². The maximum absolute atomic E-state index is 13.3. The van der Waals surface area contributed by atoms with E-state index in [-0.39, 0.29) is 31.1 Å². The third kappa shape index (κ3) is 12.9. The van der Waals surface area contributed by atoms with E-state index in [0.717, 1.165) is 36.1 Å². The van der Waals surface area contributed by atoms with Crippen LogP contribution in [0.1, 0.15) is 70.4 Å². The Morgan fingerprint density at radius 2 is 1.57 bits per heavy atom. The summed E-state index contributed by atoms with van der Waals surface area (Å²) in [7, 11) is 1.60. The zero-order chi connectivity index (χ0) is 36.8. The van der Waals surface area contributed by atoms with Gasteiger partial charge in [-0.1, -0.05) is 42.5 Å². The zero-order valence-corrected chi connectivity index (χ0v) is 30.5. The van der Waals surface area contributed by atoms with Crippen LogP contribution in [0.15, 0.2) is 54.6 Å².